The average molecular weight is 566 g/mol. The number of carbonyl (C=O) groups excluding carboxylic acids is 3. The summed E-state index contributed by atoms with van der Waals surface area (Å²) >= 11 is 1.69. The number of morpholine rings is 1. The molecule has 3 aliphatic heterocycles. The summed E-state index contributed by atoms with van der Waals surface area (Å²) < 4.78 is 6.59. The van der Waals surface area contributed by atoms with Gasteiger partial charge in [-0.05, 0) is 12.5 Å². The number of likely N-dealkylation sites (tertiary alicyclic amines) is 1. The SMILES string of the molecule is CC(=O)N1C(=O)CC[C@H]1C(=O)N1CCN(Cc2cc3nc(-c4cnc(N)nc4)nc(N4CCOCC4)c3s2)CC1. The molecule has 14 heteroatoms. The quantitative estimate of drug-likeness (QED) is 0.467. The zero-order chi connectivity index (χ0) is 27.8. The summed E-state index contributed by atoms with van der Waals surface area (Å²) in [6, 6.07) is 1.44. The number of nitrogens with two attached hydrogens (primary N) is 1. The largest absolute Gasteiger partial charge is 0.378 e. The minimum Gasteiger partial charge on any atom is -0.378 e. The first-order valence-corrected chi connectivity index (χ1v) is 14.2. The van der Waals surface area contributed by atoms with E-state index in [1.165, 1.54) is 6.92 Å². The van der Waals surface area contributed by atoms with Crippen LogP contribution in [0.1, 0.15) is 24.6 Å². The lowest BCUT2D eigenvalue weighted by atomic mass is 10.1. The summed E-state index contributed by atoms with van der Waals surface area (Å²) in [5.74, 6) is 0.873. The van der Waals surface area contributed by atoms with Gasteiger partial charge in [0.1, 0.15) is 6.04 Å². The highest BCUT2D eigenvalue weighted by molar-refractivity contribution is 7.19. The molecule has 0 aliphatic carbocycles. The molecule has 1 atom stereocenters. The first-order chi connectivity index (χ1) is 19.4. The molecule has 0 radical (unpaired) electrons. The fourth-order valence-electron chi connectivity index (χ4n) is 5.48. The number of rotatable bonds is 5. The van der Waals surface area contributed by atoms with E-state index in [0.29, 0.717) is 57.2 Å². The Morgan fingerprint density at radius 2 is 1.80 bits per heavy atom. The number of amides is 3. The molecule has 3 saturated heterocycles. The van der Waals surface area contributed by atoms with Crippen molar-refractivity contribution in [3.63, 3.8) is 0 Å². The van der Waals surface area contributed by atoms with Crippen LogP contribution >= 0.6 is 11.3 Å². The summed E-state index contributed by atoms with van der Waals surface area (Å²) in [4.78, 5) is 63.7. The van der Waals surface area contributed by atoms with Gasteiger partial charge in [0.25, 0.3) is 0 Å². The summed E-state index contributed by atoms with van der Waals surface area (Å²) in [6.07, 6.45) is 3.91. The first kappa shape index (κ1) is 26.5. The van der Waals surface area contributed by atoms with Crippen LogP contribution in [-0.2, 0) is 25.7 Å². The number of anilines is 2. The Morgan fingerprint density at radius 1 is 1.07 bits per heavy atom. The van der Waals surface area contributed by atoms with Gasteiger partial charge in [-0.3, -0.25) is 24.2 Å². The highest BCUT2D eigenvalue weighted by Gasteiger charge is 2.41. The Balaban J connectivity index is 1.18. The molecule has 3 amide bonds. The Bertz CT molecular complexity index is 1430. The van der Waals surface area contributed by atoms with Crippen LogP contribution in [0.3, 0.4) is 0 Å². The molecule has 3 aromatic heterocycles. The van der Waals surface area contributed by atoms with Crippen LogP contribution in [0.4, 0.5) is 11.8 Å². The molecule has 0 unspecified atom stereocenters. The number of ether oxygens (including phenoxy) is 1. The van der Waals surface area contributed by atoms with Crippen molar-refractivity contribution in [2.45, 2.75) is 32.4 Å². The van der Waals surface area contributed by atoms with Gasteiger partial charge >= 0.3 is 0 Å². The maximum Gasteiger partial charge on any atom is 0.245 e. The van der Waals surface area contributed by atoms with E-state index in [-0.39, 0.29) is 30.1 Å². The third kappa shape index (κ3) is 5.21. The summed E-state index contributed by atoms with van der Waals surface area (Å²) in [5, 5.41) is 0. The summed E-state index contributed by atoms with van der Waals surface area (Å²) in [6.45, 7) is 7.38. The van der Waals surface area contributed by atoms with Crippen molar-refractivity contribution >= 4 is 51.0 Å². The van der Waals surface area contributed by atoms with E-state index in [0.717, 1.165) is 45.4 Å². The zero-order valence-electron chi connectivity index (χ0n) is 22.3. The molecule has 40 heavy (non-hydrogen) atoms. The van der Waals surface area contributed by atoms with Gasteiger partial charge in [0.15, 0.2) is 11.6 Å². The smallest absolute Gasteiger partial charge is 0.245 e. The average Bonchev–Trinajstić information content (AvgIpc) is 3.56. The van der Waals surface area contributed by atoms with Crippen molar-refractivity contribution in [2.24, 2.45) is 0 Å². The van der Waals surface area contributed by atoms with Crippen molar-refractivity contribution in [3.05, 3.63) is 23.3 Å². The normalized spacial score (nSPS) is 20.5. The van der Waals surface area contributed by atoms with Crippen LogP contribution in [0.15, 0.2) is 18.5 Å². The third-order valence-corrected chi connectivity index (χ3v) is 8.65. The Morgan fingerprint density at radius 3 is 2.50 bits per heavy atom. The summed E-state index contributed by atoms with van der Waals surface area (Å²) in [7, 11) is 0. The molecule has 3 aromatic rings. The maximum absolute atomic E-state index is 13.1. The lowest BCUT2D eigenvalue weighted by Crippen LogP contribution is -2.54. The fraction of sp³-hybridized carbons (Fsp3) is 0.500. The van der Waals surface area contributed by atoms with Crippen molar-refractivity contribution in [1.29, 1.82) is 0 Å². The fourth-order valence-corrected chi connectivity index (χ4v) is 6.64. The molecule has 0 aromatic carbocycles. The molecular formula is C26H31N9O4S. The molecule has 0 saturated carbocycles. The van der Waals surface area contributed by atoms with Crippen LogP contribution in [0.5, 0.6) is 0 Å². The predicted octanol–water partition coefficient (Wildman–Crippen LogP) is 0.749. The number of fused-ring (bicyclic) bond motifs is 1. The van der Waals surface area contributed by atoms with E-state index >= 15 is 0 Å². The predicted molar refractivity (Wildman–Crippen MR) is 148 cm³/mol. The molecule has 3 aliphatic rings. The lowest BCUT2D eigenvalue weighted by Gasteiger charge is -2.36. The van der Waals surface area contributed by atoms with E-state index in [1.54, 1.807) is 28.6 Å². The van der Waals surface area contributed by atoms with Gasteiger partial charge < -0.3 is 20.3 Å². The van der Waals surface area contributed by atoms with Gasteiger partial charge in [-0.15, -0.1) is 11.3 Å². The monoisotopic (exact) mass is 565 g/mol. The Kier molecular flexibility index (Phi) is 7.29. The third-order valence-electron chi connectivity index (χ3n) is 7.55. The molecule has 6 rings (SSSR count). The molecule has 3 fully saturated rings. The maximum atomic E-state index is 13.1. The molecule has 6 heterocycles. The molecule has 13 nitrogen and oxygen atoms in total. The summed E-state index contributed by atoms with van der Waals surface area (Å²) in [5.41, 5.74) is 7.24. The second-order valence-corrected chi connectivity index (χ2v) is 11.3. The second kappa shape index (κ2) is 11.0. The van der Waals surface area contributed by atoms with E-state index in [1.807, 2.05) is 0 Å². The van der Waals surface area contributed by atoms with Gasteiger partial charge in [0.05, 0.1) is 29.0 Å². The number of hydrogen-bond donors (Lipinski definition) is 1. The van der Waals surface area contributed by atoms with Crippen LogP contribution in [0, 0.1) is 0 Å². The van der Waals surface area contributed by atoms with Gasteiger partial charge in [-0.2, -0.15) is 0 Å². The minimum absolute atomic E-state index is 0.132. The van der Waals surface area contributed by atoms with Crippen LogP contribution in [0.25, 0.3) is 21.6 Å². The van der Waals surface area contributed by atoms with Crippen LogP contribution in [-0.4, -0.2) is 111 Å². The van der Waals surface area contributed by atoms with E-state index in [4.69, 9.17) is 20.4 Å². The van der Waals surface area contributed by atoms with Crippen LogP contribution < -0.4 is 10.6 Å². The molecular weight excluding hydrogens is 534 g/mol. The molecule has 2 N–H and O–H groups in total. The number of thiophene rings is 1. The molecule has 0 bridgehead atoms. The standard InChI is InChI=1S/C26H31N9O4S/c1-16(36)35-20(2-3-21(35)37)25(38)34-6-4-32(5-7-34)15-18-12-19-22(40-18)24(33-8-10-39-11-9-33)31-23(30-19)17-13-28-26(27)29-14-17/h12-14,20H,2-11,15H2,1H3,(H2,27,28,29)/t20-/m0/s1. The van der Waals surface area contributed by atoms with Gasteiger partial charge in [-0.1, -0.05) is 0 Å². The number of piperazine rings is 1. The Hall–Kier alpha value is -3.75. The van der Waals surface area contributed by atoms with Gasteiger partial charge in [-0.25, -0.2) is 19.9 Å². The van der Waals surface area contributed by atoms with E-state index in [2.05, 4.69) is 25.8 Å². The van der Waals surface area contributed by atoms with E-state index < -0.39 is 6.04 Å². The number of aromatic nitrogens is 4. The number of hydrogen-bond acceptors (Lipinski definition) is 12. The van der Waals surface area contributed by atoms with Gasteiger partial charge in [0.2, 0.25) is 23.7 Å². The highest BCUT2D eigenvalue weighted by atomic mass is 32.1. The number of imide groups is 1. The highest BCUT2D eigenvalue weighted by Crippen LogP contribution is 2.35. The van der Waals surface area contributed by atoms with Gasteiger partial charge in [0, 0.05) is 76.4 Å². The van der Waals surface area contributed by atoms with Crippen molar-refractivity contribution in [1.82, 2.24) is 34.6 Å². The minimum atomic E-state index is -0.669. The van der Waals surface area contributed by atoms with Crippen molar-refractivity contribution in [3.8, 4) is 11.4 Å². The lowest BCUT2D eigenvalue weighted by molar-refractivity contribution is -0.150. The zero-order valence-corrected chi connectivity index (χ0v) is 23.1. The number of nitrogen functional groups attached to an aromatic ring is 1. The van der Waals surface area contributed by atoms with Crippen LogP contribution in [0.2, 0.25) is 0 Å². The number of carbonyl (C=O) groups is 3. The number of nitrogens with zero attached hydrogens (tertiary/aromatic N) is 8. The second-order valence-electron chi connectivity index (χ2n) is 10.2. The topological polar surface area (TPSA) is 151 Å². The molecule has 210 valence electrons. The van der Waals surface area contributed by atoms with Crippen molar-refractivity contribution < 1.29 is 19.1 Å². The van der Waals surface area contributed by atoms with E-state index in [9.17, 15) is 14.4 Å². The Labute approximate surface area is 234 Å². The first-order valence-electron chi connectivity index (χ1n) is 13.4. The van der Waals surface area contributed by atoms with Crippen molar-refractivity contribution in [2.75, 3.05) is 63.1 Å². The molecule has 0 spiro atoms.